The van der Waals surface area contributed by atoms with Crippen LogP contribution in [0.4, 0.5) is 0 Å². The second-order valence-electron chi connectivity index (χ2n) is 12.1. The van der Waals surface area contributed by atoms with Crippen LogP contribution in [0.25, 0.3) is 0 Å². The van der Waals surface area contributed by atoms with E-state index in [0.717, 1.165) is 54.7 Å². The van der Waals surface area contributed by atoms with Gasteiger partial charge in [0.25, 0.3) is 0 Å². The number of amides is 4. The van der Waals surface area contributed by atoms with Gasteiger partial charge in [-0.25, -0.2) is 5.01 Å². The van der Waals surface area contributed by atoms with E-state index in [4.69, 9.17) is 14.6 Å². The van der Waals surface area contributed by atoms with Crippen LogP contribution in [0.5, 0.6) is 11.5 Å². The van der Waals surface area contributed by atoms with Crippen molar-refractivity contribution >= 4 is 29.3 Å². The average Bonchev–Trinajstić information content (AvgIpc) is 2.95. The van der Waals surface area contributed by atoms with E-state index in [0.29, 0.717) is 43.9 Å². The Kier molecular flexibility index (Phi) is 7.34. The zero-order valence-corrected chi connectivity index (χ0v) is 23.8. The highest BCUT2D eigenvalue weighted by Crippen LogP contribution is 2.45. The number of rotatable bonds is 6. The number of carbonyl (C=O) groups is 4. The molecule has 3 heterocycles. The molecule has 41 heavy (non-hydrogen) atoms. The summed E-state index contributed by atoms with van der Waals surface area (Å²) in [6.07, 6.45) is 11.3. The van der Waals surface area contributed by atoms with E-state index in [2.05, 4.69) is 12.2 Å². The van der Waals surface area contributed by atoms with Gasteiger partial charge in [0, 0.05) is 37.4 Å². The number of carbonyl (C=O) groups excluding carboxylic acids is 4. The second-order valence-corrected chi connectivity index (χ2v) is 12.1. The number of methoxy groups -OCH3 is 2. The molecule has 0 bridgehead atoms. The Labute approximate surface area is 240 Å². The summed E-state index contributed by atoms with van der Waals surface area (Å²) >= 11 is 0. The number of nitrogens with zero attached hydrogens (tertiary/aromatic N) is 4. The molecule has 10 nitrogen and oxygen atoms in total. The lowest BCUT2D eigenvalue weighted by atomic mass is 9.67. The molecule has 1 aromatic rings. The molecular weight excluding hydrogens is 524 g/mol. The van der Waals surface area contributed by atoms with E-state index in [-0.39, 0.29) is 53.5 Å². The lowest BCUT2D eigenvalue weighted by Crippen LogP contribution is -2.65. The van der Waals surface area contributed by atoms with Crippen LogP contribution in [0.3, 0.4) is 0 Å². The first-order valence-corrected chi connectivity index (χ1v) is 14.7. The summed E-state index contributed by atoms with van der Waals surface area (Å²) in [5, 5.41) is 6.42. The molecule has 3 fully saturated rings. The van der Waals surface area contributed by atoms with Gasteiger partial charge in [-0.15, -0.1) is 0 Å². The van der Waals surface area contributed by atoms with E-state index in [1.165, 1.54) is 0 Å². The minimum absolute atomic E-state index is 0.0279. The molecule has 3 aliphatic heterocycles. The van der Waals surface area contributed by atoms with E-state index < -0.39 is 0 Å². The van der Waals surface area contributed by atoms with E-state index in [1.807, 2.05) is 18.2 Å². The molecule has 2 saturated heterocycles. The molecule has 10 heteroatoms. The smallest absolute Gasteiger partial charge is 0.247 e. The van der Waals surface area contributed by atoms with E-state index >= 15 is 0 Å². The third-order valence-corrected chi connectivity index (χ3v) is 9.64. The Balaban J connectivity index is 1.14. The minimum Gasteiger partial charge on any atom is -0.493 e. The van der Waals surface area contributed by atoms with Crippen LogP contribution < -0.4 is 9.47 Å². The predicted octanol–water partition coefficient (Wildman–Crippen LogP) is 3.14. The number of benzene rings is 1. The fraction of sp³-hybridized carbons (Fsp3) is 0.581. The number of hydrazone groups is 1. The van der Waals surface area contributed by atoms with Gasteiger partial charge in [-0.3, -0.25) is 24.1 Å². The molecule has 1 aromatic carbocycles. The normalized spacial score (nSPS) is 26.0. The maximum absolute atomic E-state index is 13.6. The average molecular weight is 563 g/mol. The number of imide groups is 1. The van der Waals surface area contributed by atoms with E-state index in [1.54, 1.807) is 24.1 Å². The van der Waals surface area contributed by atoms with Crippen molar-refractivity contribution in [2.75, 3.05) is 33.9 Å². The summed E-state index contributed by atoms with van der Waals surface area (Å²) < 4.78 is 10.9. The van der Waals surface area contributed by atoms with Crippen molar-refractivity contribution in [1.82, 2.24) is 14.8 Å². The zero-order valence-electron chi connectivity index (χ0n) is 23.8. The van der Waals surface area contributed by atoms with Crippen molar-refractivity contribution in [3.63, 3.8) is 0 Å². The van der Waals surface area contributed by atoms with Crippen molar-refractivity contribution in [2.45, 2.75) is 63.8 Å². The molecule has 1 spiro atoms. The van der Waals surface area contributed by atoms with Gasteiger partial charge >= 0.3 is 0 Å². The first kappa shape index (κ1) is 27.5. The van der Waals surface area contributed by atoms with Crippen LogP contribution in [-0.2, 0) is 19.2 Å². The number of piperidine rings is 1. The van der Waals surface area contributed by atoms with Crippen molar-refractivity contribution < 1.29 is 28.7 Å². The van der Waals surface area contributed by atoms with Gasteiger partial charge in [0.05, 0.1) is 31.9 Å². The number of hydrogen-bond acceptors (Lipinski definition) is 7. The number of hydrogen-bond donors (Lipinski definition) is 0. The van der Waals surface area contributed by atoms with Gasteiger partial charge in [0.15, 0.2) is 11.5 Å². The van der Waals surface area contributed by atoms with Crippen molar-refractivity contribution in [1.29, 1.82) is 0 Å². The van der Waals surface area contributed by atoms with Gasteiger partial charge in [0.2, 0.25) is 23.6 Å². The van der Waals surface area contributed by atoms with Crippen LogP contribution >= 0.6 is 0 Å². The Morgan fingerprint density at radius 3 is 2.24 bits per heavy atom. The van der Waals surface area contributed by atoms with Crippen LogP contribution in [0.1, 0.15) is 63.4 Å². The lowest BCUT2D eigenvalue weighted by molar-refractivity contribution is -0.160. The molecule has 218 valence electrons. The molecule has 0 unspecified atom stereocenters. The Morgan fingerprint density at radius 1 is 0.927 bits per heavy atom. The van der Waals surface area contributed by atoms with Crippen molar-refractivity contribution in [2.24, 2.45) is 22.4 Å². The Hall–Kier alpha value is -3.69. The predicted molar refractivity (Wildman–Crippen MR) is 150 cm³/mol. The van der Waals surface area contributed by atoms with Crippen LogP contribution in [0.2, 0.25) is 0 Å². The van der Waals surface area contributed by atoms with Gasteiger partial charge in [-0.2, -0.15) is 5.10 Å². The topological polar surface area (TPSA) is 109 Å². The Morgan fingerprint density at radius 2 is 1.59 bits per heavy atom. The minimum atomic E-state index is -0.269. The third-order valence-electron chi connectivity index (χ3n) is 9.64. The molecule has 5 aliphatic rings. The van der Waals surface area contributed by atoms with Crippen LogP contribution in [0.15, 0.2) is 35.5 Å². The summed E-state index contributed by atoms with van der Waals surface area (Å²) in [6, 6.07) is 5.41. The summed E-state index contributed by atoms with van der Waals surface area (Å²) in [5.74, 6) is 0.184. The number of allylic oxidation sites excluding steroid dienone is 2. The van der Waals surface area contributed by atoms with Crippen LogP contribution in [-0.4, -0.2) is 84.0 Å². The highest BCUT2D eigenvalue weighted by molar-refractivity contribution is 6.07. The summed E-state index contributed by atoms with van der Waals surface area (Å²) in [5.41, 5.74) is 1.49. The molecule has 4 amide bonds. The largest absolute Gasteiger partial charge is 0.493 e. The molecule has 0 N–H and O–H groups in total. The molecular formula is C31H38N4O6. The maximum atomic E-state index is 13.6. The SMILES string of the molecule is COc1ccc(C2=NN(C3CN(C(=O)CN4C(=O)CC5(CCCCC5)CC4=O)C3)C(=O)[C@@H]3CC=CC[C@H]23)cc1OC. The summed E-state index contributed by atoms with van der Waals surface area (Å²) in [6.45, 7) is 0.408. The first-order chi connectivity index (χ1) is 19.8. The molecule has 0 radical (unpaired) electrons. The molecule has 6 rings (SSSR count). The van der Waals surface area contributed by atoms with Gasteiger partial charge in [-0.1, -0.05) is 31.4 Å². The highest BCUT2D eigenvalue weighted by atomic mass is 16.5. The number of likely N-dealkylation sites (tertiary alicyclic amines) is 2. The number of ether oxygens (including phenoxy) is 2. The monoisotopic (exact) mass is 562 g/mol. The fourth-order valence-corrected chi connectivity index (χ4v) is 7.24. The highest BCUT2D eigenvalue weighted by Gasteiger charge is 2.48. The first-order valence-electron chi connectivity index (χ1n) is 14.7. The molecule has 2 atom stereocenters. The Bertz CT molecular complexity index is 1290. The lowest BCUT2D eigenvalue weighted by Gasteiger charge is -2.47. The summed E-state index contributed by atoms with van der Waals surface area (Å²) in [4.78, 5) is 55.3. The fourth-order valence-electron chi connectivity index (χ4n) is 7.24. The van der Waals surface area contributed by atoms with E-state index in [9.17, 15) is 19.2 Å². The summed E-state index contributed by atoms with van der Waals surface area (Å²) in [7, 11) is 3.18. The quantitative estimate of drug-likeness (QED) is 0.389. The third kappa shape index (κ3) is 5.02. The molecule has 0 aromatic heterocycles. The molecule has 2 aliphatic carbocycles. The van der Waals surface area contributed by atoms with Crippen molar-refractivity contribution in [3.05, 3.63) is 35.9 Å². The molecule has 1 saturated carbocycles. The van der Waals surface area contributed by atoms with Gasteiger partial charge in [0.1, 0.15) is 6.54 Å². The second kappa shape index (κ2) is 10.9. The number of fused-ring (bicyclic) bond motifs is 1. The maximum Gasteiger partial charge on any atom is 0.247 e. The van der Waals surface area contributed by atoms with Crippen LogP contribution in [0, 0.1) is 17.3 Å². The van der Waals surface area contributed by atoms with Gasteiger partial charge < -0.3 is 14.4 Å². The van der Waals surface area contributed by atoms with Gasteiger partial charge in [-0.05, 0) is 49.3 Å². The zero-order chi connectivity index (χ0) is 28.7. The standard InChI is InChI=1S/C31H38N4O6/c1-40-24-11-10-20(14-25(24)41-2)29-22-8-4-5-9-23(22)30(39)35(32-29)21-17-33(18-21)28(38)19-34-26(36)15-31(16-27(34)37)12-6-3-7-13-31/h4-5,10-11,14,21-23H,3,6-9,12-13,15-19H2,1-2H3/t22-,23+/m0/s1. The van der Waals surface area contributed by atoms with Crippen molar-refractivity contribution in [3.8, 4) is 11.5 Å².